The lowest BCUT2D eigenvalue weighted by Gasteiger charge is -2.03. The number of alkyl halides is 3. The molecule has 0 aromatic carbocycles. The van der Waals surface area contributed by atoms with Crippen molar-refractivity contribution >= 4 is 5.78 Å². The Morgan fingerprint density at radius 2 is 2.00 bits per heavy atom. The van der Waals surface area contributed by atoms with Gasteiger partial charge in [0.15, 0.2) is 0 Å². The molecule has 0 aromatic heterocycles. The Balaban J connectivity index is 4.42. The third-order valence-electron chi connectivity index (χ3n) is 1.18. The summed E-state index contributed by atoms with van der Waals surface area (Å²) < 4.78 is 39.4. The van der Waals surface area contributed by atoms with Gasteiger partial charge in [0.1, 0.15) is 0 Å². The number of ketones is 1. The first-order valence-corrected chi connectivity index (χ1v) is 3.27. The lowest BCUT2D eigenvalue weighted by atomic mass is 10.3. The third kappa shape index (κ3) is 3.41. The molecule has 0 aliphatic carbocycles. The summed E-state index contributed by atoms with van der Waals surface area (Å²) in [5.74, 6) is -1.86. The van der Waals surface area contributed by atoms with Gasteiger partial charge in [-0.15, -0.1) is 0 Å². The van der Waals surface area contributed by atoms with Gasteiger partial charge in [0, 0.05) is 12.5 Å². The maximum atomic E-state index is 11.6. The second-order valence-electron chi connectivity index (χ2n) is 2.03. The van der Waals surface area contributed by atoms with E-state index in [1.54, 1.807) is 6.92 Å². The zero-order valence-corrected chi connectivity index (χ0v) is 6.73. The number of rotatable bonds is 3. The molecule has 0 fully saturated rings. The monoisotopic (exact) mass is 182 g/mol. The number of carbonyl (C=O) groups excluding carboxylic acids is 1. The number of allylic oxidation sites excluding steroid dienone is 2. The fraction of sp³-hybridized carbons (Fsp3) is 0.571. The SMILES string of the molecule is CC/C(=C\C(=O)C(F)(F)F)OC. The zero-order chi connectivity index (χ0) is 9.78. The van der Waals surface area contributed by atoms with Gasteiger partial charge in [0.25, 0.3) is 5.78 Å². The van der Waals surface area contributed by atoms with Crippen molar-refractivity contribution in [3.05, 3.63) is 11.8 Å². The number of halogens is 3. The summed E-state index contributed by atoms with van der Waals surface area (Å²) in [6.45, 7) is 1.60. The molecule has 5 heteroatoms. The Bertz CT molecular complexity index is 187. The Kier molecular flexibility index (Phi) is 3.79. The van der Waals surface area contributed by atoms with Gasteiger partial charge in [-0.05, 0) is 0 Å². The van der Waals surface area contributed by atoms with Crippen LogP contribution in [0.15, 0.2) is 11.8 Å². The summed E-state index contributed by atoms with van der Waals surface area (Å²) >= 11 is 0. The number of hydrogen-bond acceptors (Lipinski definition) is 2. The van der Waals surface area contributed by atoms with E-state index in [-0.39, 0.29) is 12.2 Å². The van der Waals surface area contributed by atoms with Gasteiger partial charge in [-0.3, -0.25) is 4.79 Å². The van der Waals surface area contributed by atoms with Crippen LogP contribution in [0.25, 0.3) is 0 Å². The molecule has 0 saturated heterocycles. The summed E-state index contributed by atoms with van der Waals surface area (Å²) in [5.41, 5.74) is 0. The highest BCUT2D eigenvalue weighted by atomic mass is 19.4. The Hall–Kier alpha value is -1.00. The van der Waals surface area contributed by atoms with Crippen molar-refractivity contribution in [1.29, 1.82) is 0 Å². The van der Waals surface area contributed by atoms with Crippen LogP contribution in [0.3, 0.4) is 0 Å². The van der Waals surface area contributed by atoms with Crippen LogP contribution >= 0.6 is 0 Å². The molecule has 0 bridgehead atoms. The normalized spacial score (nSPS) is 12.9. The van der Waals surface area contributed by atoms with Crippen LogP contribution in [-0.2, 0) is 9.53 Å². The first-order chi connectivity index (χ1) is 5.41. The number of hydrogen-bond donors (Lipinski definition) is 0. The van der Waals surface area contributed by atoms with Crippen molar-refractivity contribution in [1.82, 2.24) is 0 Å². The van der Waals surface area contributed by atoms with Crippen molar-refractivity contribution < 1.29 is 22.7 Å². The van der Waals surface area contributed by atoms with Crippen molar-refractivity contribution in [2.45, 2.75) is 19.5 Å². The van der Waals surface area contributed by atoms with Crippen LogP contribution in [-0.4, -0.2) is 19.1 Å². The highest BCUT2D eigenvalue weighted by Crippen LogP contribution is 2.18. The number of methoxy groups -OCH3 is 1. The molecular formula is C7H9F3O2. The summed E-state index contributed by atoms with van der Waals surface area (Å²) in [4.78, 5) is 10.3. The van der Waals surface area contributed by atoms with Crippen molar-refractivity contribution in [2.24, 2.45) is 0 Å². The van der Waals surface area contributed by atoms with Crippen LogP contribution in [0.2, 0.25) is 0 Å². The third-order valence-corrected chi connectivity index (χ3v) is 1.18. The molecule has 0 aliphatic heterocycles. The topological polar surface area (TPSA) is 26.3 Å². The van der Waals surface area contributed by atoms with E-state index in [9.17, 15) is 18.0 Å². The van der Waals surface area contributed by atoms with E-state index in [1.807, 2.05) is 0 Å². The first kappa shape index (κ1) is 11.0. The van der Waals surface area contributed by atoms with Crippen LogP contribution in [0.4, 0.5) is 13.2 Å². The van der Waals surface area contributed by atoms with Crippen LogP contribution in [0.5, 0.6) is 0 Å². The van der Waals surface area contributed by atoms with Gasteiger partial charge in [-0.2, -0.15) is 13.2 Å². The van der Waals surface area contributed by atoms with Crippen molar-refractivity contribution in [2.75, 3.05) is 7.11 Å². The van der Waals surface area contributed by atoms with Gasteiger partial charge in [0.05, 0.1) is 12.9 Å². The van der Waals surface area contributed by atoms with Gasteiger partial charge in [-0.25, -0.2) is 0 Å². The second kappa shape index (κ2) is 4.13. The lowest BCUT2D eigenvalue weighted by molar-refractivity contribution is -0.165. The largest absolute Gasteiger partial charge is 0.501 e. The molecule has 0 saturated carbocycles. The Morgan fingerprint density at radius 3 is 2.25 bits per heavy atom. The minimum Gasteiger partial charge on any atom is -0.501 e. The number of ether oxygens (including phenoxy) is 1. The summed E-state index contributed by atoms with van der Waals surface area (Å²) in [6, 6.07) is 0. The van der Waals surface area contributed by atoms with Crippen molar-refractivity contribution in [3.63, 3.8) is 0 Å². The molecule has 0 rings (SSSR count). The summed E-state index contributed by atoms with van der Waals surface area (Å²) in [5, 5.41) is 0. The fourth-order valence-corrected chi connectivity index (χ4v) is 0.533. The first-order valence-electron chi connectivity index (χ1n) is 3.27. The maximum absolute atomic E-state index is 11.6. The standard InChI is InChI=1S/C7H9F3O2/c1-3-5(12-2)4-6(11)7(8,9)10/h4H,3H2,1-2H3/b5-4+. The molecule has 0 aromatic rings. The van der Waals surface area contributed by atoms with E-state index in [0.717, 1.165) is 0 Å². The minimum atomic E-state index is -4.81. The maximum Gasteiger partial charge on any atom is 0.454 e. The molecule has 2 nitrogen and oxygen atoms in total. The highest BCUT2D eigenvalue weighted by Gasteiger charge is 2.36. The van der Waals surface area contributed by atoms with Gasteiger partial charge >= 0.3 is 6.18 Å². The average Bonchev–Trinajstić information content (AvgIpc) is 1.97. The van der Waals surface area contributed by atoms with Gasteiger partial charge in [0.2, 0.25) is 0 Å². The summed E-state index contributed by atoms with van der Waals surface area (Å²) in [7, 11) is 1.22. The predicted molar refractivity (Wildman–Crippen MR) is 36.4 cm³/mol. The van der Waals surface area contributed by atoms with E-state index in [2.05, 4.69) is 4.74 Å². The Labute approximate surface area is 68.0 Å². The number of carbonyl (C=O) groups is 1. The molecule has 0 N–H and O–H groups in total. The molecule has 0 atom stereocenters. The zero-order valence-electron chi connectivity index (χ0n) is 6.73. The van der Waals surface area contributed by atoms with E-state index >= 15 is 0 Å². The van der Waals surface area contributed by atoms with Crippen LogP contribution < -0.4 is 0 Å². The second-order valence-corrected chi connectivity index (χ2v) is 2.03. The van der Waals surface area contributed by atoms with Gasteiger partial charge in [-0.1, -0.05) is 6.92 Å². The smallest absolute Gasteiger partial charge is 0.454 e. The molecule has 12 heavy (non-hydrogen) atoms. The van der Waals surface area contributed by atoms with E-state index < -0.39 is 12.0 Å². The van der Waals surface area contributed by atoms with Crippen LogP contribution in [0, 0.1) is 0 Å². The molecule has 0 unspecified atom stereocenters. The van der Waals surface area contributed by atoms with Gasteiger partial charge < -0.3 is 4.74 Å². The van der Waals surface area contributed by atoms with E-state index in [0.29, 0.717) is 6.08 Å². The summed E-state index contributed by atoms with van der Waals surface area (Å²) in [6.07, 6.45) is -4.09. The minimum absolute atomic E-state index is 0.0253. The molecule has 0 spiro atoms. The quantitative estimate of drug-likeness (QED) is 0.493. The molecule has 70 valence electrons. The fourth-order valence-electron chi connectivity index (χ4n) is 0.533. The molecular weight excluding hydrogens is 173 g/mol. The molecule has 0 heterocycles. The van der Waals surface area contributed by atoms with E-state index in [4.69, 9.17) is 0 Å². The average molecular weight is 182 g/mol. The van der Waals surface area contributed by atoms with Crippen molar-refractivity contribution in [3.8, 4) is 0 Å². The van der Waals surface area contributed by atoms with Crippen LogP contribution in [0.1, 0.15) is 13.3 Å². The predicted octanol–water partition coefficient (Wildman–Crippen LogP) is 2.06. The lowest BCUT2D eigenvalue weighted by Crippen LogP contribution is -2.20. The molecule has 0 aliphatic rings. The molecule has 0 amide bonds. The highest BCUT2D eigenvalue weighted by molar-refractivity contribution is 5.94. The Morgan fingerprint density at radius 1 is 1.50 bits per heavy atom. The molecule has 0 radical (unpaired) electrons. The van der Waals surface area contributed by atoms with E-state index in [1.165, 1.54) is 7.11 Å².